The molecule has 0 atom stereocenters. The van der Waals surface area contributed by atoms with Crippen LogP contribution in [0.5, 0.6) is 11.5 Å². The van der Waals surface area contributed by atoms with Gasteiger partial charge in [0.05, 0.1) is 52.9 Å². The molecule has 9 aromatic rings. The second-order valence-electron chi connectivity index (χ2n) is 21.2. The number of fused-ring (bicyclic) bond motifs is 6. The van der Waals surface area contributed by atoms with Crippen molar-refractivity contribution in [1.82, 2.24) is 25.1 Å². The Morgan fingerprint density at radius 2 is 1.00 bits per heavy atom. The summed E-state index contributed by atoms with van der Waals surface area (Å²) < 4.78 is 13.1. The van der Waals surface area contributed by atoms with Crippen LogP contribution in [0.4, 0.5) is 0 Å². The molecule has 4 aromatic heterocycles. The molecular formula is C70H107N5O2S3. The van der Waals surface area contributed by atoms with Gasteiger partial charge < -0.3 is 9.47 Å². The summed E-state index contributed by atoms with van der Waals surface area (Å²) in [6, 6.07) is 34.4. The fourth-order valence-corrected chi connectivity index (χ4v) is 11.6. The lowest BCUT2D eigenvalue weighted by Gasteiger charge is -2.07. The molecule has 0 unspecified atom stereocenters. The summed E-state index contributed by atoms with van der Waals surface area (Å²) in [7, 11) is 0. The SMILES string of the molecule is C.C.C.C.C.C.C.CC(C)c1ccc2c(c1)CCC2.CC(C)c1ccc2c(c1)OCO2.CC(C)c1ccc2cn[nH]c2c1.CC(C)c1nc2c(s1)CCCC2.CC(C)c1nc2ccccc2s1.Cc1nc2cc(C(C)C)ccc2s1. The molecule has 0 bridgehead atoms. The van der Waals surface area contributed by atoms with E-state index in [1.54, 1.807) is 38.7 Å². The average Bonchev–Trinajstić information content (AvgIpc) is 4.25. The van der Waals surface area contributed by atoms with Gasteiger partial charge in [-0.2, -0.15) is 5.10 Å². The van der Waals surface area contributed by atoms with E-state index in [9.17, 15) is 0 Å². The Labute approximate surface area is 499 Å². The lowest BCUT2D eigenvalue weighted by Crippen LogP contribution is -1.99. The van der Waals surface area contributed by atoms with E-state index in [-0.39, 0.29) is 52.0 Å². The summed E-state index contributed by atoms with van der Waals surface area (Å²) in [5.74, 6) is 5.28. The number of benzene rings is 5. The topological polar surface area (TPSA) is 85.8 Å². The van der Waals surface area contributed by atoms with Crippen LogP contribution >= 0.6 is 34.0 Å². The van der Waals surface area contributed by atoms with Gasteiger partial charge in [-0.05, 0) is 151 Å². The quantitative estimate of drug-likeness (QED) is 0.179. The average molecular weight is 1150 g/mol. The Kier molecular flexibility index (Phi) is 33.0. The van der Waals surface area contributed by atoms with Gasteiger partial charge in [0.25, 0.3) is 0 Å². The van der Waals surface area contributed by atoms with E-state index >= 15 is 0 Å². The van der Waals surface area contributed by atoms with E-state index in [0.717, 1.165) is 33.1 Å². The molecule has 0 spiro atoms. The fraction of sp³-hybridized carbons (Fsp3) is 0.486. The predicted octanol–water partition coefficient (Wildman–Crippen LogP) is 23.3. The van der Waals surface area contributed by atoms with Crippen LogP contribution in [0.2, 0.25) is 0 Å². The van der Waals surface area contributed by atoms with Crippen LogP contribution < -0.4 is 9.47 Å². The Morgan fingerprint density at radius 1 is 0.450 bits per heavy atom. The summed E-state index contributed by atoms with van der Waals surface area (Å²) in [6.07, 6.45) is 11.0. The van der Waals surface area contributed by atoms with E-state index in [1.807, 2.05) is 35.7 Å². The van der Waals surface area contributed by atoms with Gasteiger partial charge in [0, 0.05) is 22.1 Å². The highest BCUT2D eigenvalue weighted by Gasteiger charge is 2.17. The number of nitrogens with zero attached hydrogens (tertiary/aromatic N) is 4. The fourth-order valence-electron chi connectivity index (χ4n) is 8.71. The summed E-state index contributed by atoms with van der Waals surface area (Å²) in [4.78, 5) is 15.2. The Balaban J connectivity index is 0.000000920. The van der Waals surface area contributed by atoms with Gasteiger partial charge in [-0.15, -0.1) is 34.0 Å². The van der Waals surface area contributed by atoms with Crippen molar-refractivity contribution in [2.45, 2.75) is 222 Å². The van der Waals surface area contributed by atoms with E-state index in [4.69, 9.17) is 9.47 Å². The number of hydrogen-bond acceptors (Lipinski definition) is 9. The molecule has 0 saturated heterocycles. The van der Waals surface area contributed by atoms with Gasteiger partial charge in [0.15, 0.2) is 11.5 Å². The number of nitrogens with one attached hydrogen (secondary N) is 1. The summed E-state index contributed by atoms with van der Waals surface area (Å²) >= 11 is 5.49. The third kappa shape index (κ3) is 20.5. The van der Waals surface area contributed by atoms with E-state index < -0.39 is 0 Å². The molecule has 3 aliphatic rings. The molecule has 12 rings (SSSR count). The summed E-state index contributed by atoms with van der Waals surface area (Å²) in [5, 5.41) is 11.8. The van der Waals surface area contributed by atoms with Crippen LogP contribution in [0, 0.1) is 6.92 Å². The highest BCUT2D eigenvalue weighted by molar-refractivity contribution is 7.18. The first kappa shape index (κ1) is 74.6. The van der Waals surface area contributed by atoms with Crippen molar-refractivity contribution in [3.8, 4) is 11.5 Å². The second-order valence-corrected chi connectivity index (χ2v) is 24.7. The Morgan fingerprint density at radius 3 is 1.65 bits per heavy atom. The minimum absolute atomic E-state index is 0. The maximum atomic E-state index is 5.27. The van der Waals surface area contributed by atoms with Crippen molar-refractivity contribution >= 4 is 65.3 Å². The lowest BCUT2D eigenvalue weighted by molar-refractivity contribution is 0.174. The van der Waals surface area contributed by atoms with Gasteiger partial charge in [-0.1, -0.05) is 190 Å². The van der Waals surface area contributed by atoms with Crippen molar-refractivity contribution in [2.24, 2.45) is 0 Å². The van der Waals surface area contributed by atoms with Crippen molar-refractivity contribution in [1.29, 1.82) is 0 Å². The first-order valence-corrected chi connectivity index (χ1v) is 29.1. The number of aryl methyl sites for hydroxylation is 5. The first-order valence-electron chi connectivity index (χ1n) is 26.7. The molecule has 0 saturated carbocycles. The highest BCUT2D eigenvalue weighted by atomic mass is 32.1. The van der Waals surface area contributed by atoms with E-state index in [1.165, 1.54) is 97.7 Å². The summed E-state index contributed by atoms with van der Waals surface area (Å²) in [5.41, 5.74) is 13.5. The molecular weight excluding hydrogens is 1040 g/mol. The van der Waals surface area contributed by atoms with E-state index in [2.05, 4.69) is 194 Å². The second kappa shape index (κ2) is 35.4. The van der Waals surface area contributed by atoms with Crippen molar-refractivity contribution in [3.63, 3.8) is 0 Å². The van der Waals surface area contributed by atoms with Crippen LogP contribution in [-0.2, 0) is 25.7 Å². The molecule has 442 valence electrons. The molecule has 5 heterocycles. The van der Waals surface area contributed by atoms with Gasteiger partial charge >= 0.3 is 0 Å². The maximum Gasteiger partial charge on any atom is 0.231 e. The minimum atomic E-state index is 0. The molecule has 5 aromatic carbocycles. The van der Waals surface area contributed by atoms with Crippen LogP contribution in [0.25, 0.3) is 31.3 Å². The third-order valence-electron chi connectivity index (χ3n) is 13.3. The standard InChI is InChI=1S/C12H16.C11H13NS.C10H12N2.C10H15NS.C10H11NS.C10H12O2.7CH4/c1-9(2)11-7-6-10-4-3-5-12(10)8-11;1-7(2)9-4-5-11-10(6-9)12-8(3)13-11;1-7(2)8-3-4-9-6-11-12-10(9)5-8;2*1-7(2)10-11-8-5-3-4-6-9(8)12-10;1-7(2)8-3-4-9-10(5-8)12-6-11-9;;;;;;;/h6-9H,3-5H2,1-2H3;4-7H,1-3H3;3-7H,1-2H3,(H,11,12);7H,3-6H2,1-2H3;3-7H,1-2H3;3-5,7H,6H2,1-2H3;7*1H4. The van der Waals surface area contributed by atoms with Gasteiger partial charge in [0.2, 0.25) is 6.79 Å². The minimum Gasteiger partial charge on any atom is -0.454 e. The number of thiazole rings is 3. The van der Waals surface area contributed by atoms with Crippen molar-refractivity contribution < 1.29 is 9.47 Å². The Bertz CT molecular complexity index is 3030. The number of aromatic amines is 1. The van der Waals surface area contributed by atoms with Crippen molar-refractivity contribution in [3.05, 3.63) is 162 Å². The van der Waals surface area contributed by atoms with Crippen LogP contribution in [-0.4, -0.2) is 31.9 Å². The zero-order valence-electron chi connectivity index (χ0n) is 45.8. The first-order chi connectivity index (χ1) is 35.0. The molecule has 0 fully saturated rings. The normalized spacial score (nSPS) is 12.1. The highest BCUT2D eigenvalue weighted by Crippen LogP contribution is 2.35. The zero-order valence-corrected chi connectivity index (χ0v) is 48.2. The van der Waals surface area contributed by atoms with Crippen LogP contribution in [0.15, 0.2) is 103 Å². The number of aromatic nitrogens is 5. The number of rotatable bonds is 6. The number of hydrogen-bond donors (Lipinski definition) is 1. The van der Waals surface area contributed by atoms with E-state index in [0.29, 0.717) is 42.3 Å². The molecule has 0 amide bonds. The van der Waals surface area contributed by atoms with Gasteiger partial charge in [-0.3, -0.25) is 5.10 Å². The van der Waals surface area contributed by atoms with Crippen LogP contribution in [0.1, 0.15) is 249 Å². The largest absolute Gasteiger partial charge is 0.454 e. The monoisotopic (exact) mass is 1150 g/mol. The lowest BCUT2D eigenvalue weighted by atomic mass is 9.99. The zero-order chi connectivity index (χ0) is 52.2. The van der Waals surface area contributed by atoms with Gasteiger partial charge in [0.1, 0.15) is 0 Å². The number of H-pyrrole nitrogens is 1. The van der Waals surface area contributed by atoms with Gasteiger partial charge in [-0.25, -0.2) is 15.0 Å². The molecule has 1 N–H and O–H groups in total. The molecule has 10 heteroatoms. The molecule has 1 aliphatic heterocycles. The number of para-hydroxylation sites is 1. The molecule has 7 nitrogen and oxygen atoms in total. The van der Waals surface area contributed by atoms with Crippen LogP contribution in [0.3, 0.4) is 0 Å². The predicted molar refractivity (Wildman–Crippen MR) is 362 cm³/mol. The maximum absolute atomic E-state index is 5.27. The smallest absolute Gasteiger partial charge is 0.231 e. The molecule has 2 aliphatic carbocycles. The molecule has 80 heavy (non-hydrogen) atoms. The molecule has 0 radical (unpaired) electrons. The number of ether oxygens (including phenoxy) is 2. The van der Waals surface area contributed by atoms with Crippen molar-refractivity contribution in [2.75, 3.05) is 6.79 Å². The third-order valence-corrected chi connectivity index (χ3v) is 17.1. The Hall–Kier alpha value is -5.42. The summed E-state index contributed by atoms with van der Waals surface area (Å²) in [6.45, 7) is 28.9.